The fraction of sp³-hybridized carbons (Fsp3) is 0.222. The maximum Gasteiger partial charge on any atom is 0.272 e. The fourth-order valence-electron chi connectivity index (χ4n) is 0.836. The molecule has 14 heavy (non-hydrogen) atoms. The van der Waals surface area contributed by atoms with Crippen LogP contribution in [0.4, 0.5) is 13.2 Å². The molecule has 0 fully saturated rings. The maximum atomic E-state index is 12.9. The Bertz CT molecular complexity index is 360. The minimum Gasteiger partial charge on any atom is -0.488 e. The summed E-state index contributed by atoms with van der Waals surface area (Å²) in [5.41, 5.74) is -0.144. The van der Waals surface area contributed by atoms with E-state index in [1.165, 1.54) is 12.1 Å². The minimum absolute atomic E-state index is 0.0122. The van der Waals surface area contributed by atoms with Gasteiger partial charge in [-0.3, -0.25) is 0 Å². The van der Waals surface area contributed by atoms with Crippen molar-refractivity contribution in [1.82, 2.24) is 0 Å². The summed E-state index contributed by atoms with van der Waals surface area (Å²) in [5.74, 6) is -0.791. The van der Waals surface area contributed by atoms with Gasteiger partial charge < -0.3 is 4.74 Å². The lowest BCUT2D eigenvalue weighted by Crippen LogP contribution is -2.07. The summed E-state index contributed by atoms with van der Waals surface area (Å²) in [6.07, 6.45) is -2.60. The third-order valence-corrected chi connectivity index (χ3v) is 1.44. The molecule has 0 amide bonds. The zero-order chi connectivity index (χ0) is 10.6. The first kappa shape index (κ1) is 10.4. The Balaban J connectivity index is 2.73. The molecule has 1 aromatic carbocycles. The summed E-state index contributed by atoms with van der Waals surface area (Å²) < 4.78 is 40.8. The summed E-state index contributed by atoms with van der Waals surface area (Å²) >= 11 is 0. The topological polar surface area (TPSA) is 33.0 Å². The van der Waals surface area contributed by atoms with Gasteiger partial charge in [-0.1, -0.05) is 0 Å². The van der Waals surface area contributed by atoms with Crippen LogP contribution < -0.4 is 4.74 Å². The average Bonchev–Trinajstić information content (AvgIpc) is 2.15. The number of benzene rings is 1. The van der Waals surface area contributed by atoms with Crippen molar-refractivity contribution in [2.24, 2.45) is 0 Å². The molecular formula is C9H6F3NO. The van der Waals surface area contributed by atoms with Gasteiger partial charge in [-0.15, -0.1) is 0 Å². The minimum atomic E-state index is -2.60. The molecule has 1 rings (SSSR count). The highest BCUT2D eigenvalue weighted by Gasteiger charge is 2.06. The van der Waals surface area contributed by atoms with Gasteiger partial charge in [-0.2, -0.15) is 5.26 Å². The highest BCUT2D eigenvalue weighted by molar-refractivity contribution is 5.36. The van der Waals surface area contributed by atoms with Gasteiger partial charge in [-0.25, -0.2) is 13.2 Å². The number of nitrogens with zero attached hydrogens (tertiary/aromatic N) is 1. The van der Waals surface area contributed by atoms with E-state index in [1.807, 2.05) is 0 Å². The quantitative estimate of drug-likeness (QED) is 0.751. The van der Waals surface area contributed by atoms with Crippen molar-refractivity contribution >= 4 is 0 Å². The van der Waals surface area contributed by atoms with Crippen LogP contribution in [0, 0.1) is 17.1 Å². The Morgan fingerprint density at radius 2 is 2.14 bits per heavy atom. The number of rotatable bonds is 3. The van der Waals surface area contributed by atoms with Crippen molar-refractivity contribution in [2.75, 3.05) is 6.61 Å². The monoisotopic (exact) mass is 201 g/mol. The molecule has 0 heterocycles. The molecule has 0 bridgehead atoms. The molecular weight excluding hydrogens is 195 g/mol. The van der Waals surface area contributed by atoms with Crippen LogP contribution in [-0.2, 0) is 0 Å². The summed E-state index contributed by atoms with van der Waals surface area (Å²) in [5, 5.41) is 8.38. The Labute approximate surface area is 78.5 Å². The van der Waals surface area contributed by atoms with Crippen molar-refractivity contribution in [2.45, 2.75) is 6.43 Å². The standard InChI is InChI=1S/C9H6F3NO/c10-8-3-7(14-5-9(11)12)2-1-6(8)4-13/h1-3,9H,5H2. The molecule has 1 aromatic rings. The van der Waals surface area contributed by atoms with E-state index in [4.69, 9.17) is 5.26 Å². The summed E-state index contributed by atoms with van der Waals surface area (Å²) in [7, 11) is 0. The van der Waals surface area contributed by atoms with Crippen LogP contribution in [0.3, 0.4) is 0 Å². The first-order chi connectivity index (χ1) is 6.63. The van der Waals surface area contributed by atoms with E-state index in [9.17, 15) is 13.2 Å². The SMILES string of the molecule is N#Cc1ccc(OCC(F)F)cc1F. The number of ether oxygens (including phenoxy) is 1. The number of hydrogen-bond donors (Lipinski definition) is 0. The van der Waals surface area contributed by atoms with Crippen LogP contribution >= 0.6 is 0 Å². The van der Waals surface area contributed by atoms with Gasteiger partial charge in [0.1, 0.15) is 24.2 Å². The molecule has 0 atom stereocenters. The molecule has 74 valence electrons. The van der Waals surface area contributed by atoms with Crippen LogP contribution in [0.5, 0.6) is 5.75 Å². The molecule has 0 saturated heterocycles. The van der Waals surface area contributed by atoms with E-state index in [1.54, 1.807) is 6.07 Å². The van der Waals surface area contributed by atoms with Gasteiger partial charge in [0.05, 0.1) is 5.56 Å². The lowest BCUT2D eigenvalue weighted by molar-refractivity contribution is 0.0817. The predicted octanol–water partition coefficient (Wildman–Crippen LogP) is 2.34. The first-order valence-electron chi connectivity index (χ1n) is 3.74. The van der Waals surface area contributed by atoms with Gasteiger partial charge in [-0.05, 0) is 12.1 Å². The normalized spacial score (nSPS) is 9.93. The van der Waals surface area contributed by atoms with Crippen LogP contribution in [-0.4, -0.2) is 13.0 Å². The Morgan fingerprint density at radius 1 is 1.43 bits per heavy atom. The van der Waals surface area contributed by atoms with E-state index < -0.39 is 18.8 Å². The lowest BCUT2D eigenvalue weighted by Gasteiger charge is -2.05. The predicted molar refractivity (Wildman–Crippen MR) is 42.6 cm³/mol. The smallest absolute Gasteiger partial charge is 0.272 e. The van der Waals surface area contributed by atoms with Crippen molar-refractivity contribution < 1.29 is 17.9 Å². The van der Waals surface area contributed by atoms with Crippen LogP contribution in [0.15, 0.2) is 18.2 Å². The van der Waals surface area contributed by atoms with E-state index in [0.717, 1.165) is 6.07 Å². The van der Waals surface area contributed by atoms with Gasteiger partial charge in [0.25, 0.3) is 6.43 Å². The molecule has 0 radical (unpaired) electrons. The Kier molecular flexibility index (Phi) is 3.35. The molecule has 0 aliphatic carbocycles. The number of nitriles is 1. The van der Waals surface area contributed by atoms with Gasteiger partial charge in [0.15, 0.2) is 0 Å². The molecule has 0 spiro atoms. The fourth-order valence-corrected chi connectivity index (χ4v) is 0.836. The Hall–Kier alpha value is -1.70. The van der Waals surface area contributed by atoms with Crippen molar-refractivity contribution in [3.63, 3.8) is 0 Å². The van der Waals surface area contributed by atoms with E-state index in [-0.39, 0.29) is 11.3 Å². The molecule has 0 N–H and O–H groups in total. The van der Waals surface area contributed by atoms with Crippen LogP contribution in [0.2, 0.25) is 0 Å². The first-order valence-corrected chi connectivity index (χ1v) is 3.74. The lowest BCUT2D eigenvalue weighted by atomic mass is 10.2. The summed E-state index contributed by atoms with van der Waals surface area (Å²) in [4.78, 5) is 0. The van der Waals surface area contributed by atoms with Crippen molar-refractivity contribution in [1.29, 1.82) is 5.26 Å². The second kappa shape index (κ2) is 4.51. The molecule has 2 nitrogen and oxygen atoms in total. The second-order valence-corrected chi connectivity index (χ2v) is 2.46. The highest BCUT2D eigenvalue weighted by Crippen LogP contribution is 2.16. The summed E-state index contributed by atoms with van der Waals surface area (Å²) in [6, 6.07) is 4.96. The Morgan fingerprint density at radius 3 is 2.64 bits per heavy atom. The third kappa shape index (κ3) is 2.66. The van der Waals surface area contributed by atoms with E-state index >= 15 is 0 Å². The van der Waals surface area contributed by atoms with Crippen LogP contribution in [0.1, 0.15) is 5.56 Å². The molecule has 0 aliphatic rings. The van der Waals surface area contributed by atoms with Crippen LogP contribution in [0.25, 0.3) is 0 Å². The maximum absolute atomic E-state index is 12.9. The number of alkyl halides is 2. The molecule has 5 heteroatoms. The molecule has 0 aromatic heterocycles. The third-order valence-electron chi connectivity index (χ3n) is 1.44. The zero-order valence-corrected chi connectivity index (χ0v) is 7.01. The number of halogens is 3. The van der Waals surface area contributed by atoms with Gasteiger partial charge >= 0.3 is 0 Å². The molecule has 0 aliphatic heterocycles. The molecule has 0 saturated carbocycles. The molecule has 0 unspecified atom stereocenters. The zero-order valence-electron chi connectivity index (χ0n) is 7.01. The summed E-state index contributed by atoms with van der Waals surface area (Å²) in [6.45, 7) is -0.786. The average molecular weight is 201 g/mol. The largest absolute Gasteiger partial charge is 0.488 e. The second-order valence-electron chi connectivity index (χ2n) is 2.46. The van der Waals surface area contributed by atoms with Gasteiger partial charge in [0.2, 0.25) is 0 Å². The highest BCUT2D eigenvalue weighted by atomic mass is 19.3. The van der Waals surface area contributed by atoms with E-state index in [0.29, 0.717) is 0 Å². The van der Waals surface area contributed by atoms with Gasteiger partial charge in [0, 0.05) is 6.07 Å². The number of hydrogen-bond acceptors (Lipinski definition) is 2. The van der Waals surface area contributed by atoms with Crippen molar-refractivity contribution in [3.05, 3.63) is 29.6 Å². The van der Waals surface area contributed by atoms with Crippen molar-refractivity contribution in [3.8, 4) is 11.8 Å². The van der Waals surface area contributed by atoms with E-state index in [2.05, 4.69) is 4.74 Å².